The second-order valence-corrected chi connectivity index (χ2v) is 6.48. The van der Waals surface area contributed by atoms with E-state index in [9.17, 15) is 0 Å². The first-order chi connectivity index (χ1) is 9.08. The summed E-state index contributed by atoms with van der Waals surface area (Å²) in [6.45, 7) is 5.36. The molecule has 1 aromatic rings. The maximum atomic E-state index is 5.77. The highest BCUT2D eigenvalue weighted by Crippen LogP contribution is 2.37. The van der Waals surface area contributed by atoms with Crippen LogP contribution in [0.15, 0.2) is 18.2 Å². The van der Waals surface area contributed by atoms with E-state index in [0.29, 0.717) is 6.04 Å². The minimum absolute atomic E-state index is 0.187. The van der Waals surface area contributed by atoms with E-state index >= 15 is 0 Å². The summed E-state index contributed by atoms with van der Waals surface area (Å²) < 4.78 is 0. The largest absolute Gasteiger partial charge is 0.330 e. The number of aryl methyl sites for hydroxylation is 2. The van der Waals surface area contributed by atoms with E-state index in [1.54, 1.807) is 11.1 Å². The summed E-state index contributed by atoms with van der Waals surface area (Å²) in [5.74, 6) is 0. The Morgan fingerprint density at radius 2 is 1.89 bits per heavy atom. The molecule has 1 aromatic carbocycles. The zero-order valence-corrected chi connectivity index (χ0v) is 12.6. The quantitative estimate of drug-likeness (QED) is 0.853. The highest BCUT2D eigenvalue weighted by Gasteiger charge is 2.29. The summed E-state index contributed by atoms with van der Waals surface area (Å²) in [4.78, 5) is 0. The van der Waals surface area contributed by atoms with Crippen molar-refractivity contribution in [1.29, 1.82) is 0 Å². The van der Waals surface area contributed by atoms with Gasteiger partial charge in [0.05, 0.1) is 0 Å². The summed E-state index contributed by atoms with van der Waals surface area (Å²) in [6, 6.07) is 7.45. The number of rotatable bonds is 5. The first kappa shape index (κ1) is 14.5. The maximum absolute atomic E-state index is 5.77. The molecule has 0 bridgehead atoms. The van der Waals surface area contributed by atoms with Crippen LogP contribution in [-0.4, -0.2) is 13.6 Å². The van der Waals surface area contributed by atoms with Crippen LogP contribution >= 0.6 is 0 Å². The van der Waals surface area contributed by atoms with Gasteiger partial charge in [0, 0.05) is 6.04 Å². The van der Waals surface area contributed by atoms with Crippen LogP contribution in [0.3, 0.4) is 0 Å². The minimum Gasteiger partial charge on any atom is -0.330 e. The molecule has 0 amide bonds. The summed E-state index contributed by atoms with van der Waals surface area (Å²) in [6.07, 6.45) is 6.23. The van der Waals surface area contributed by atoms with Gasteiger partial charge in [0.1, 0.15) is 0 Å². The van der Waals surface area contributed by atoms with Gasteiger partial charge in [0.25, 0.3) is 0 Å². The van der Waals surface area contributed by atoms with Crippen LogP contribution in [0.4, 0.5) is 0 Å². The van der Waals surface area contributed by atoms with Crippen molar-refractivity contribution in [2.24, 2.45) is 11.1 Å². The standard InChI is InChI=1S/C17H28N2/c1-17(2,10-11-18)16(19-3)15-9-8-13-6-4-5-7-14(13)12-15/h8-9,12,16,19H,4-7,10-11,18H2,1-3H3. The zero-order valence-electron chi connectivity index (χ0n) is 12.6. The van der Waals surface area contributed by atoms with Gasteiger partial charge in [0.2, 0.25) is 0 Å². The van der Waals surface area contributed by atoms with E-state index in [1.807, 2.05) is 0 Å². The van der Waals surface area contributed by atoms with Crippen molar-refractivity contribution in [3.63, 3.8) is 0 Å². The van der Waals surface area contributed by atoms with Crippen molar-refractivity contribution in [2.45, 2.75) is 52.0 Å². The molecule has 0 fully saturated rings. The van der Waals surface area contributed by atoms with Gasteiger partial charge in [-0.25, -0.2) is 0 Å². The zero-order chi connectivity index (χ0) is 13.9. The Hall–Kier alpha value is -0.860. The fourth-order valence-corrected chi connectivity index (χ4v) is 3.46. The van der Waals surface area contributed by atoms with Crippen molar-refractivity contribution in [3.8, 4) is 0 Å². The molecule has 2 heteroatoms. The molecule has 0 saturated carbocycles. The average Bonchev–Trinajstić information content (AvgIpc) is 2.39. The molecular weight excluding hydrogens is 232 g/mol. The van der Waals surface area contributed by atoms with Crippen LogP contribution in [-0.2, 0) is 12.8 Å². The van der Waals surface area contributed by atoms with Gasteiger partial charge in [-0.1, -0.05) is 32.0 Å². The van der Waals surface area contributed by atoms with Crippen LogP contribution in [0.2, 0.25) is 0 Å². The Morgan fingerprint density at radius 1 is 1.21 bits per heavy atom. The van der Waals surface area contributed by atoms with Crippen LogP contribution in [0.5, 0.6) is 0 Å². The molecular formula is C17H28N2. The third kappa shape index (κ3) is 3.18. The van der Waals surface area contributed by atoms with Gasteiger partial charge in [0.15, 0.2) is 0 Å². The molecule has 0 aliphatic heterocycles. The molecule has 2 nitrogen and oxygen atoms in total. The van der Waals surface area contributed by atoms with Gasteiger partial charge < -0.3 is 11.1 Å². The monoisotopic (exact) mass is 260 g/mol. The van der Waals surface area contributed by atoms with E-state index in [2.05, 4.69) is 44.4 Å². The van der Waals surface area contributed by atoms with Crippen molar-refractivity contribution < 1.29 is 0 Å². The third-order valence-electron chi connectivity index (χ3n) is 4.56. The Balaban J connectivity index is 2.28. The summed E-state index contributed by atoms with van der Waals surface area (Å²) in [7, 11) is 2.06. The predicted molar refractivity (Wildman–Crippen MR) is 82.3 cm³/mol. The molecule has 106 valence electrons. The van der Waals surface area contributed by atoms with E-state index < -0.39 is 0 Å². The van der Waals surface area contributed by atoms with Crippen LogP contribution in [0.25, 0.3) is 0 Å². The van der Waals surface area contributed by atoms with Gasteiger partial charge in [-0.2, -0.15) is 0 Å². The van der Waals surface area contributed by atoms with Crippen molar-refractivity contribution in [2.75, 3.05) is 13.6 Å². The smallest absolute Gasteiger partial charge is 0.0369 e. The molecule has 0 saturated heterocycles. The fraction of sp³-hybridized carbons (Fsp3) is 0.647. The van der Waals surface area contributed by atoms with E-state index in [4.69, 9.17) is 5.73 Å². The van der Waals surface area contributed by atoms with E-state index in [1.165, 1.54) is 31.2 Å². The minimum atomic E-state index is 0.187. The molecule has 2 rings (SSSR count). The predicted octanol–water partition coefficient (Wildman–Crippen LogP) is 3.20. The highest BCUT2D eigenvalue weighted by molar-refractivity contribution is 5.35. The molecule has 1 aliphatic rings. The van der Waals surface area contributed by atoms with Gasteiger partial charge in [-0.15, -0.1) is 0 Å². The SMILES string of the molecule is CNC(c1ccc2c(c1)CCCC2)C(C)(C)CCN. The molecule has 1 aliphatic carbocycles. The Bertz CT molecular complexity index is 423. The summed E-state index contributed by atoms with van der Waals surface area (Å²) >= 11 is 0. The third-order valence-corrected chi connectivity index (χ3v) is 4.56. The number of fused-ring (bicyclic) bond motifs is 1. The molecule has 0 spiro atoms. The molecule has 0 radical (unpaired) electrons. The second kappa shape index (κ2) is 6.06. The number of hydrogen-bond donors (Lipinski definition) is 2. The molecule has 0 heterocycles. The lowest BCUT2D eigenvalue weighted by Gasteiger charge is -2.35. The summed E-state index contributed by atoms with van der Waals surface area (Å²) in [5, 5.41) is 3.49. The fourth-order valence-electron chi connectivity index (χ4n) is 3.46. The molecule has 0 aromatic heterocycles. The first-order valence-electron chi connectivity index (χ1n) is 7.57. The Labute approximate surface area is 117 Å². The number of nitrogens with one attached hydrogen (secondary N) is 1. The maximum Gasteiger partial charge on any atom is 0.0369 e. The normalized spacial score (nSPS) is 17.1. The topological polar surface area (TPSA) is 38.0 Å². The number of hydrogen-bond acceptors (Lipinski definition) is 2. The molecule has 19 heavy (non-hydrogen) atoms. The van der Waals surface area contributed by atoms with Crippen LogP contribution in [0.1, 0.15) is 55.8 Å². The van der Waals surface area contributed by atoms with Crippen molar-refractivity contribution in [1.82, 2.24) is 5.32 Å². The molecule has 3 N–H and O–H groups in total. The summed E-state index contributed by atoms with van der Waals surface area (Å²) in [5.41, 5.74) is 10.5. The lowest BCUT2D eigenvalue weighted by atomic mass is 9.76. The van der Waals surface area contributed by atoms with Crippen LogP contribution in [0, 0.1) is 5.41 Å². The number of nitrogens with two attached hydrogens (primary N) is 1. The average molecular weight is 260 g/mol. The van der Waals surface area contributed by atoms with E-state index in [0.717, 1.165) is 13.0 Å². The van der Waals surface area contributed by atoms with Gasteiger partial charge in [-0.05, 0) is 67.8 Å². The molecule has 1 atom stereocenters. The lowest BCUT2D eigenvalue weighted by molar-refractivity contribution is 0.239. The molecule has 1 unspecified atom stereocenters. The van der Waals surface area contributed by atoms with Crippen LogP contribution < -0.4 is 11.1 Å². The Morgan fingerprint density at radius 3 is 2.53 bits per heavy atom. The highest BCUT2D eigenvalue weighted by atomic mass is 14.9. The van der Waals surface area contributed by atoms with Gasteiger partial charge >= 0.3 is 0 Å². The second-order valence-electron chi connectivity index (χ2n) is 6.48. The van der Waals surface area contributed by atoms with E-state index in [-0.39, 0.29) is 5.41 Å². The van der Waals surface area contributed by atoms with Crippen molar-refractivity contribution >= 4 is 0 Å². The number of benzene rings is 1. The lowest BCUT2D eigenvalue weighted by Crippen LogP contribution is -2.34. The Kier molecular flexibility index (Phi) is 4.64. The first-order valence-corrected chi connectivity index (χ1v) is 7.57. The van der Waals surface area contributed by atoms with Gasteiger partial charge in [-0.3, -0.25) is 0 Å². The van der Waals surface area contributed by atoms with Crippen molar-refractivity contribution in [3.05, 3.63) is 34.9 Å².